The van der Waals surface area contributed by atoms with Gasteiger partial charge in [-0.15, -0.1) is 0 Å². The van der Waals surface area contributed by atoms with Crippen LogP contribution in [0.4, 0.5) is 10.5 Å². The van der Waals surface area contributed by atoms with Gasteiger partial charge in [-0.1, -0.05) is 18.2 Å². The molecule has 2 heterocycles. The summed E-state index contributed by atoms with van der Waals surface area (Å²) in [4.78, 5) is 31.9. The molecule has 1 N–H and O–H groups in total. The van der Waals surface area contributed by atoms with Crippen molar-refractivity contribution in [2.45, 2.75) is 13.3 Å². The lowest BCUT2D eigenvalue weighted by Crippen LogP contribution is -2.38. The molecule has 6 nitrogen and oxygen atoms in total. The van der Waals surface area contributed by atoms with E-state index < -0.39 is 0 Å². The second kappa shape index (κ2) is 6.64. The third-order valence-corrected chi connectivity index (χ3v) is 4.10. The Balaban J connectivity index is 1.72. The number of carbonyl (C=O) groups is 2. The number of para-hydroxylation sites is 1. The predicted octanol–water partition coefficient (Wildman–Crippen LogP) is 2.32. The van der Waals surface area contributed by atoms with Crippen LogP contribution in [0.3, 0.4) is 0 Å². The maximum absolute atomic E-state index is 12.5. The average molecular weight is 312 g/mol. The molecule has 1 fully saturated rings. The minimum absolute atomic E-state index is 0.0607. The zero-order valence-corrected chi connectivity index (χ0v) is 13.2. The molecule has 0 saturated carbocycles. The molecule has 0 radical (unpaired) electrons. The summed E-state index contributed by atoms with van der Waals surface area (Å²) in [6.07, 6.45) is 2.51. The van der Waals surface area contributed by atoms with Crippen molar-refractivity contribution in [1.82, 2.24) is 14.8 Å². The predicted molar refractivity (Wildman–Crippen MR) is 89.2 cm³/mol. The summed E-state index contributed by atoms with van der Waals surface area (Å²) in [5.74, 6) is 0.0607. The lowest BCUT2D eigenvalue weighted by molar-refractivity contribution is -0.128. The zero-order chi connectivity index (χ0) is 16.2. The van der Waals surface area contributed by atoms with E-state index >= 15 is 0 Å². The monoisotopic (exact) mass is 312 g/mol. The van der Waals surface area contributed by atoms with Crippen LogP contribution < -0.4 is 5.32 Å². The SMILES string of the molecule is CC(=O)N1CCCN(C(=O)Nc2cccc3cccnc23)CC1. The van der Waals surface area contributed by atoms with Crippen LogP contribution in [0.1, 0.15) is 13.3 Å². The van der Waals surface area contributed by atoms with Crippen LogP contribution in [-0.4, -0.2) is 52.9 Å². The highest BCUT2D eigenvalue weighted by Crippen LogP contribution is 2.21. The van der Waals surface area contributed by atoms with Crippen LogP contribution in [0.15, 0.2) is 36.5 Å². The minimum Gasteiger partial charge on any atom is -0.341 e. The summed E-state index contributed by atoms with van der Waals surface area (Å²) in [6.45, 7) is 4.04. The first kappa shape index (κ1) is 15.3. The number of amides is 3. The maximum Gasteiger partial charge on any atom is 0.321 e. The van der Waals surface area contributed by atoms with E-state index in [9.17, 15) is 9.59 Å². The van der Waals surface area contributed by atoms with Gasteiger partial charge in [0.25, 0.3) is 0 Å². The molecule has 2 aromatic rings. The van der Waals surface area contributed by atoms with Crippen LogP contribution in [0.2, 0.25) is 0 Å². The van der Waals surface area contributed by atoms with Crippen LogP contribution in [0, 0.1) is 0 Å². The molecule has 1 aliphatic rings. The van der Waals surface area contributed by atoms with Gasteiger partial charge in [0.2, 0.25) is 5.91 Å². The standard InChI is InChI=1S/C17H20N4O2/c1-13(22)20-9-4-10-21(12-11-20)17(23)19-15-7-2-5-14-6-3-8-18-16(14)15/h2-3,5-8H,4,9-12H2,1H3,(H,19,23). The summed E-state index contributed by atoms with van der Waals surface area (Å²) in [7, 11) is 0. The number of carbonyl (C=O) groups excluding carboxylic acids is 2. The Morgan fingerprint density at radius 2 is 1.78 bits per heavy atom. The number of aromatic nitrogens is 1. The van der Waals surface area contributed by atoms with E-state index in [2.05, 4.69) is 10.3 Å². The Morgan fingerprint density at radius 1 is 1.04 bits per heavy atom. The third kappa shape index (κ3) is 3.41. The highest BCUT2D eigenvalue weighted by Gasteiger charge is 2.20. The molecular weight excluding hydrogens is 292 g/mol. The van der Waals surface area contributed by atoms with Crippen LogP contribution in [0.5, 0.6) is 0 Å². The highest BCUT2D eigenvalue weighted by atomic mass is 16.2. The number of urea groups is 1. The molecule has 0 unspecified atom stereocenters. The lowest BCUT2D eigenvalue weighted by atomic mass is 10.2. The molecule has 1 saturated heterocycles. The van der Waals surface area contributed by atoms with E-state index in [1.807, 2.05) is 30.3 Å². The Labute approximate surface area is 135 Å². The van der Waals surface area contributed by atoms with Crippen molar-refractivity contribution in [3.63, 3.8) is 0 Å². The highest BCUT2D eigenvalue weighted by molar-refractivity contribution is 5.99. The quantitative estimate of drug-likeness (QED) is 0.879. The van der Waals surface area contributed by atoms with Gasteiger partial charge in [-0.05, 0) is 18.6 Å². The van der Waals surface area contributed by atoms with Crippen molar-refractivity contribution in [2.75, 3.05) is 31.5 Å². The number of nitrogens with zero attached hydrogens (tertiary/aromatic N) is 3. The second-order valence-electron chi connectivity index (χ2n) is 5.66. The minimum atomic E-state index is -0.145. The van der Waals surface area contributed by atoms with Crippen molar-refractivity contribution >= 4 is 28.5 Å². The molecule has 1 aliphatic heterocycles. The van der Waals surface area contributed by atoms with Crippen LogP contribution >= 0.6 is 0 Å². The number of fused-ring (bicyclic) bond motifs is 1. The van der Waals surface area contributed by atoms with E-state index in [-0.39, 0.29) is 11.9 Å². The van der Waals surface area contributed by atoms with Gasteiger partial charge >= 0.3 is 6.03 Å². The van der Waals surface area contributed by atoms with Gasteiger partial charge in [-0.3, -0.25) is 9.78 Å². The zero-order valence-electron chi connectivity index (χ0n) is 13.2. The van der Waals surface area contributed by atoms with Gasteiger partial charge in [0.15, 0.2) is 0 Å². The molecular formula is C17H20N4O2. The molecule has 0 atom stereocenters. The number of rotatable bonds is 1. The number of pyridine rings is 1. The molecule has 6 heteroatoms. The molecule has 0 aliphatic carbocycles. The molecule has 3 rings (SSSR count). The Hall–Kier alpha value is -2.63. The van der Waals surface area contributed by atoms with E-state index in [0.29, 0.717) is 31.9 Å². The molecule has 0 bridgehead atoms. The Bertz CT molecular complexity index is 726. The lowest BCUT2D eigenvalue weighted by Gasteiger charge is -2.22. The van der Waals surface area contributed by atoms with E-state index in [4.69, 9.17) is 0 Å². The van der Waals surface area contributed by atoms with Gasteiger partial charge in [0, 0.05) is 44.7 Å². The van der Waals surface area contributed by atoms with Gasteiger partial charge in [-0.25, -0.2) is 4.79 Å². The molecule has 1 aromatic heterocycles. The Morgan fingerprint density at radius 3 is 2.61 bits per heavy atom. The summed E-state index contributed by atoms with van der Waals surface area (Å²) < 4.78 is 0. The molecule has 0 spiro atoms. The van der Waals surface area contributed by atoms with E-state index in [1.165, 1.54) is 0 Å². The maximum atomic E-state index is 12.5. The van der Waals surface area contributed by atoms with Crippen molar-refractivity contribution < 1.29 is 9.59 Å². The van der Waals surface area contributed by atoms with Crippen molar-refractivity contribution in [1.29, 1.82) is 0 Å². The second-order valence-corrected chi connectivity index (χ2v) is 5.66. The van der Waals surface area contributed by atoms with Gasteiger partial charge < -0.3 is 15.1 Å². The summed E-state index contributed by atoms with van der Waals surface area (Å²) in [5, 5.41) is 3.94. The van der Waals surface area contributed by atoms with Gasteiger partial charge in [0.05, 0.1) is 11.2 Å². The number of hydrogen-bond acceptors (Lipinski definition) is 3. The van der Waals surface area contributed by atoms with Crippen LogP contribution in [-0.2, 0) is 4.79 Å². The van der Waals surface area contributed by atoms with Crippen molar-refractivity contribution in [3.8, 4) is 0 Å². The first-order chi connectivity index (χ1) is 11.1. The van der Waals surface area contributed by atoms with E-state index in [1.54, 1.807) is 22.9 Å². The smallest absolute Gasteiger partial charge is 0.321 e. The van der Waals surface area contributed by atoms with Gasteiger partial charge in [0.1, 0.15) is 0 Å². The summed E-state index contributed by atoms with van der Waals surface area (Å²) >= 11 is 0. The normalized spacial score (nSPS) is 15.3. The number of benzene rings is 1. The summed E-state index contributed by atoms with van der Waals surface area (Å²) in [5.41, 5.74) is 1.49. The molecule has 23 heavy (non-hydrogen) atoms. The third-order valence-electron chi connectivity index (χ3n) is 4.10. The summed E-state index contributed by atoms with van der Waals surface area (Å²) in [6, 6.07) is 9.42. The fourth-order valence-electron chi connectivity index (χ4n) is 2.83. The average Bonchev–Trinajstić information content (AvgIpc) is 2.81. The van der Waals surface area contributed by atoms with Gasteiger partial charge in [-0.2, -0.15) is 0 Å². The first-order valence-electron chi connectivity index (χ1n) is 7.80. The van der Waals surface area contributed by atoms with Crippen molar-refractivity contribution in [2.24, 2.45) is 0 Å². The molecule has 120 valence electrons. The molecule has 1 aromatic carbocycles. The first-order valence-corrected chi connectivity index (χ1v) is 7.80. The number of nitrogens with one attached hydrogen (secondary N) is 1. The fourth-order valence-corrected chi connectivity index (χ4v) is 2.83. The van der Waals surface area contributed by atoms with Crippen LogP contribution in [0.25, 0.3) is 10.9 Å². The molecule has 3 amide bonds. The number of anilines is 1. The van der Waals surface area contributed by atoms with E-state index in [0.717, 1.165) is 17.3 Å². The fraction of sp³-hybridized carbons (Fsp3) is 0.353. The largest absolute Gasteiger partial charge is 0.341 e. The topological polar surface area (TPSA) is 65.5 Å². The Kier molecular flexibility index (Phi) is 4.41. The number of hydrogen-bond donors (Lipinski definition) is 1. The van der Waals surface area contributed by atoms with Crippen molar-refractivity contribution in [3.05, 3.63) is 36.5 Å².